The highest BCUT2D eigenvalue weighted by Crippen LogP contribution is 2.16. The Morgan fingerprint density at radius 1 is 1.56 bits per heavy atom. The minimum atomic E-state index is -0.811. The summed E-state index contributed by atoms with van der Waals surface area (Å²) in [6.07, 6.45) is 0.0934. The molecule has 0 saturated carbocycles. The number of anilines is 1. The number of carboxylic acids is 1. The number of nitrogens with two attached hydrogens (primary N) is 1. The first-order valence-electron chi connectivity index (χ1n) is 5.14. The van der Waals surface area contributed by atoms with Gasteiger partial charge in [0.2, 0.25) is 0 Å². The topological polar surface area (TPSA) is 79.5 Å². The molecule has 0 aliphatic carbocycles. The second kappa shape index (κ2) is 5.46. The van der Waals surface area contributed by atoms with Gasteiger partial charge in [0.05, 0.1) is 6.42 Å². The van der Waals surface area contributed by atoms with Gasteiger partial charge in [-0.1, -0.05) is 6.07 Å². The summed E-state index contributed by atoms with van der Waals surface area (Å²) in [5.74, 6) is -0.0439. The Hall–Kier alpha value is -1.62. The molecule has 1 aromatic rings. The van der Waals surface area contributed by atoms with Crippen LogP contribution in [0.15, 0.2) is 12.1 Å². The summed E-state index contributed by atoms with van der Waals surface area (Å²) in [6.45, 7) is 2.73. The second-order valence-electron chi connectivity index (χ2n) is 3.70. The molecule has 0 amide bonds. The normalized spacial score (nSPS) is 10.2. The number of pyridine rings is 1. The van der Waals surface area contributed by atoms with Crippen LogP contribution >= 0.6 is 0 Å². The van der Waals surface area contributed by atoms with E-state index in [1.54, 1.807) is 0 Å². The lowest BCUT2D eigenvalue weighted by Crippen LogP contribution is -2.24. The SMILES string of the molecule is Cc1ccc(CN)c(N(C)CCC(=O)O)n1. The van der Waals surface area contributed by atoms with Gasteiger partial charge in [-0.15, -0.1) is 0 Å². The van der Waals surface area contributed by atoms with Crippen LogP contribution in [0, 0.1) is 6.92 Å². The molecule has 0 aromatic carbocycles. The molecule has 0 unspecified atom stereocenters. The lowest BCUT2D eigenvalue weighted by Gasteiger charge is -2.20. The molecule has 0 spiro atoms. The average molecular weight is 223 g/mol. The lowest BCUT2D eigenvalue weighted by molar-refractivity contribution is -0.136. The molecular weight excluding hydrogens is 206 g/mol. The molecule has 1 heterocycles. The second-order valence-corrected chi connectivity index (χ2v) is 3.70. The van der Waals surface area contributed by atoms with Crippen LogP contribution in [0.25, 0.3) is 0 Å². The van der Waals surface area contributed by atoms with Crippen molar-refractivity contribution in [2.75, 3.05) is 18.5 Å². The third kappa shape index (κ3) is 3.20. The van der Waals surface area contributed by atoms with Crippen LogP contribution < -0.4 is 10.6 Å². The van der Waals surface area contributed by atoms with Crippen molar-refractivity contribution in [2.24, 2.45) is 5.73 Å². The maximum absolute atomic E-state index is 10.5. The van der Waals surface area contributed by atoms with Gasteiger partial charge in [-0.25, -0.2) is 4.98 Å². The highest BCUT2D eigenvalue weighted by molar-refractivity contribution is 5.67. The fourth-order valence-corrected chi connectivity index (χ4v) is 1.43. The van der Waals surface area contributed by atoms with Crippen LogP contribution in [-0.2, 0) is 11.3 Å². The third-order valence-electron chi connectivity index (χ3n) is 2.34. The van der Waals surface area contributed by atoms with Crippen LogP contribution in [0.1, 0.15) is 17.7 Å². The molecule has 0 aliphatic rings. The summed E-state index contributed by atoms with van der Waals surface area (Å²) < 4.78 is 0. The van der Waals surface area contributed by atoms with Crippen molar-refractivity contribution >= 4 is 11.8 Å². The van der Waals surface area contributed by atoms with E-state index < -0.39 is 5.97 Å². The number of hydrogen-bond donors (Lipinski definition) is 2. The first-order valence-corrected chi connectivity index (χ1v) is 5.14. The average Bonchev–Trinajstić information content (AvgIpc) is 2.25. The molecule has 0 aliphatic heterocycles. The zero-order chi connectivity index (χ0) is 12.1. The molecule has 3 N–H and O–H groups in total. The molecule has 5 nitrogen and oxygen atoms in total. The van der Waals surface area contributed by atoms with Gasteiger partial charge in [0.25, 0.3) is 0 Å². The molecule has 0 saturated heterocycles. The molecule has 1 rings (SSSR count). The van der Waals surface area contributed by atoms with E-state index in [1.165, 1.54) is 0 Å². The fraction of sp³-hybridized carbons (Fsp3) is 0.455. The van der Waals surface area contributed by atoms with Gasteiger partial charge in [0.1, 0.15) is 5.82 Å². The summed E-state index contributed by atoms with van der Waals surface area (Å²) in [4.78, 5) is 16.7. The first-order chi connectivity index (χ1) is 7.54. The van der Waals surface area contributed by atoms with Crippen molar-refractivity contribution in [1.29, 1.82) is 0 Å². The zero-order valence-corrected chi connectivity index (χ0v) is 9.60. The number of hydrogen-bond acceptors (Lipinski definition) is 4. The van der Waals surface area contributed by atoms with Crippen LogP contribution in [0.3, 0.4) is 0 Å². The smallest absolute Gasteiger partial charge is 0.305 e. The van der Waals surface area contributed by atoms with E-state index in [2.05, 4.69) is 4.98 Å². The van der Waals surface area contributed by atoms with Crippen molar-refractivity contribution in [3.63, 3.8) is 0 Å². The van der Waals surface area contributed by atoms with E-state index in [9.17, 15) is 4.79 Å². The van der Waals surface area contributed by atoms with Crippen molar-refractivity contribution < 1.29 is 9.90 Å². The Kier molecular flexibility index (Phi) is 4.25. The maximum Gasteiger partial charge on any atom is 0.305 e. The molecule has 1 aromatic heterocycles. The highest BCUT2D eigenvalue weighted by atomic mass is 16.4. The minimum Gasteiger partial charge on any atom is -0.481 e. The van der Waals surface area contributed by atoms with E-state index in [0.717, 1.165) is 17.1 Å². The van der Waals surface area contributed by atoms with Crippen LogP contribution in [0.5, 0.6) is 0 Å². The zero-order valence-electron chi connectivity index (χ0n) is 9.60. The van der Waals surface area contributed by atoms with E-state index in [-0.39, 0.29) is 6.42 Å². The van der Waals surface area contributed by atoms with Crippen molar-refractivity contribution in [1.82, 2.24) is 4.98 Å². The lowest BCUT2D eigenvalue weighted by atomic mass is 10.2. The number of aromatic nitrogens is 1. The van der Waals surface area contributed by atoms with Crippen LogP contribution in [-0.4, -0.2) is 29.7 Å². The summed E-state index contributed by atoms with van der Waals surface area (Å²) >= 11 is 0. The summed E-state index contributed by atoms with van der Waals surface area (Å²) in [5, 5.41) is 8.62. The number of rotatable bonds is 5. The van der Waals surface area contributed by atoms with Crippen LogP contribution in [0.2, 0.25) is 0 Å². The molecule has 16 heavy (non-hydrogen) atoms. The van der Waals surface area contributed by atoms with Gasteiger partial charge < -0.3 is 15.7 Å². The Morgan fingerprint density at radius 2 is 2.25 bits per heavy atom. The number of aliphatic carboxylic acids is 1. The van der Waals surface area contributed by atoms with E-state index in [4.69, 9.17) is 10.8 Å². The Bertz CT molecular complexity index is 379. The fourth-order valence-electron chi connectivity index (χ4n) is 1.43. The van der Waals surface area contributed by atoms with Gasteiger partial charge in [-0.05, 0) is 13.0 Å². The van der Waals surface area contributed by atoms with Crippen molar-refractivity contribution in [3.05, 3.63) is 23.4 Å². The summed E-state index contributed by atoms with van der Waals surface area (Å²) in [5.41, 5.74) is 7.44. The Labute approximate surface area is 94.9 Å². The predicted molar refractivity (Wildman–Crippen MR) is 62.4 cm³/mol. The highest BCUT2D eigenvalue weighted by Gasteiger charge is 2.09. The van der Waals surface area contributed by atoms with Gasteiger partial charge in [-0.3, -0.25) is 4.79 Å². The monoisotopic (exact) mass is 223 g/mol. The molecular formula is C11H17N3O2. The molecule has 0 fully saturated rings. The summed E-state index contributed by atoms with van der Waals surface area (Å²) in [7, 11) is 1.82. The Balaban J connectivity index is 2.84. The Morgan fingerprint density at radius 3 is 2.81 bits per heavy atom. The van der Waals surface area contributed by atoms with Gasteiger partial charge in [-0.2, -0.15) is 0 Å². The molecule has 0 radical (unpaired) electrons. The van der Waals surface area contributed by atoms with Crippen LogP contribution in [0.4, 0.5) is 5.82 Å². The molecule has 0 atom stereocenters. The maximum atomic E-state index is 10.5. The number of nitrogens with zero attached hydrogens (tertiary/aromatic N) is 2. The van der Waals surface area contributed by atoms with E-state index >= 15 is 0 Å². The number of aryl methyl sites for hydroxylation is 1. The predicted octanol–water partition coefficient (Wildman–Crippen LogP) is 0.760. The van der Waals surface area contributed by atoms with Gasteiger partial charge in [0, 0.05) is 31.4 Å². The summed E-state index contributed by atoms with van der Waals surface area (Å²) in [6, 6.07) is 3.83. The van der Waals surface area contributed by atoms with E-state index in [0.29, 0.717) is 13.1 Å². The third-order valence-corrected chi connectivity index (χ3v) is 2.34. The van der Waals surface area contributed by atoms with Gasteiger partial charge >= 0.3 is 5.97 Å². The van der Waals surface area contributed by atoms with Gasteiger partial charge in [0.15, 0.2) is 0 Å². The standard InChI is InChI=1S/C11H17N3O2/c1-8-3-4-9(7-12)11(13-8)14(2)6-5-10(15)16/h3-4H,5-7,12H2,1-2H3,(H,15,16). The number of carbonyl (C=O) groups is 1. The van der Waals surface area contributed by atoms with E-state index in [1.807, 2.05) is 31.0 Å². The molecule has 5 heteroatoms. The molecule has 88 valence electrons. The number of carboxylic acid groups (broad SMARTS) is 1. The molecule has 0 bridgehead atoms. The first kappa shape index (κ1) is 12.4. The minimum absolute atomic E-state index is 0.0934. The quantitative estimate of drug-likeness (QED) is 0.770. The van der Waals surface area contributed by atoms with Crippen molar-refractivity contribution in [2.45, 2.75) is 19.9 Å². The van der Waals surface area contributed by atoms with Crippen molar-refractivity contribution in [3.8, 4) is 0 Å². The largest absolute Gasteiger partial charge is 0.481 e.